The van der Waals surface area contributed by atoms with Gasteiger partial charge in [-0.25, -0.2) is 4.79 Å². The smallest absolute Gasteiger partial charge is 0.408 e. The Morgan fingerprint density at radius 3 is 2.77 bits per heavy atom. The van der Waals surface area contributed by atoms with Gasteiger partial charge in [-0.15, -0.1) is 0 Å². The summed E-state index contributed by atoms with van der Waals surface area (Å²) in [7, 11) is 0. The molecule has 2 aromatic heterocycles. The van der Waals surface area contributed by atoms with Gasteiger partial charge in [0.25, 0.3) is 0 Å². The lowest BCUT2D eigenvalue weighted by molar-refractivity contribution is 0.0499. The summed E-state index contributed by atoms with van der Waals surface area (Å²) in [5.41, 5.74) is 1.12. The molecule has 0 aliphatic carbocycles. The van der Waals surface area contributed by atoms with E-state index in [0.717, 1.165) is 11.3 Å². The highest BCUT2D eigenvalue weighted by Gasteiger charge is 2.21. The second-order valence-electron chi connectivity index (χ2n) is 6.01. The van der Waals surface area contributed by atoms with E-state index in [2.05, 4.69) is 20.4 Å². The van der Waals surface area contributed by atoms with Crippen LogP contribution in [0.2, 0.25) is 0 Å². The molecule has 0 unspecified atom stereocenters. The zero-order valence-corrected chi connectivity index (χ0v) is 13.4. The standard InChI is InChI=1S/C15H20N4O3/c1-9-8-11(6-7-16-9)12-18-13(22-19-12)10(2)17-14(20)21-15(3,4)5/h6-8,10H,1-5H3,(H,17,20)/t10-/m0/s1. The van der Waals surface area contributed by atoms with Crippen molar-refractivity contribution in [1.29, 1.82) is 0 Å². The van der Waals surface area contributed by atoms with Gasteiger partial charge in [0.1, 0.15) is 11.6 Å². The summed E-state index contributed by atoms with van der Waals surface area (Å²) in [5.74, 6) is 0.772. The van der Waals surface area contributed by atoms with Gasteiger partial charge in [-0.3, -0.25) is 4.98 Å². The van der Waals surface area contributed by atoms with Gasteiger partial charge in [0.2, 0.25) is 11.7 Å². The van der Waals surface area contributed by atoms with E-state index in [9.17, 15) is 4.79 Å². The van der Waals surface area contributed by atoms with Crippen molar-refractivity contribution in [3.05, 3.63) is 29.9 Å². The van der Waals surface area contributed by atoms with Gasteiger partial charge < -0.3 is 14.6 Å². The molecule has 0 saturated heterocycles. The highest BCUT2D eigenvalue weighted by molar-refractivity contribution is 5.68. The fourth-order valence-corrected chi connectivity index (χ4v) is 1.76. The summed E-state index contributed by atoms with van der Waals surface area (Å²) >= 11 is 0. The van der Waals surface area contributed by atoms with Gasteiger partial charge >= 0.3 is 6.09 Å². The molecule has 0 saturated carbocycles. The topological polar surface area (TPSA) is 90.1 Å². The first-order valence-electron chi connectivity index (χ1n) is 7.01. The van der Waals surface area contributed by atoms with Crippen molar-refractivity contribution >= 4 is 6.09 Å². The number of nitrogens with one attached hydrogen (secondary N) is 1. The molecule has 0 fully saturated rings. The Morgan fingerprint density at radius 1 is 1.41 bits per heavy atom. The molecule has 0 aliphatic heterocycles. The first-order valence-corrected chi connectivity index (χ1v) is 7.01. The van der Waals surface area contributed by atoms with Crippen LogP contribution < -0.4 is 5.32 Å². The van der Waals surface area contributed by atoms with Crippen LogP contribution in [0.1, 0.15) is 45.3 Å². The largest absolute Gasteiger partial charge is 0.444 e. The van der Waals surface area contributed by atoms with Crippen molar-refractivity contribution < 1.29 is 14.1 Å². The highest BCUT2D eigenvalue weighted by atomic mass is 16.6. The van der Waals surface area contributed by atoms with Crippen molar-refractivity contribution in [1.82, 2.24) is 20.4 Å². The van der Waals surface area contributed by atoms with Crippen molar-refractivity contribution in [2.45, 2.75) is 46.3 Å². The van der Waals surface area contributed by atoms with Gasteiger partial charge in [0.05, 0.1) is 0 Å². The molecule has 1 N–H and O–H groups in total. The number of hydrogen-bond donors (Lipinski definition) is 1. The third kappa shape index (κ3) is 4.28. The average molecular weight is 304 g/mol. The molecule has 0 aromatic carbocycles. The number of nitrogens with zero attached hydrogens (tertiary/aromatic N) is 3. The maximum Gasteiger partial charge on any atom is 0.408 e. The van der Waals surface area contributed by atoms with Crippen LogP contribution in [0, 0.1) is 6.92 Å². The molecule has 7 heteroatoms. The van der Waals surface area contributed by atoms with E-state index in [4.69, 9.17) is 9.26 Å². The second-order valence-corrected chi connectivity index (χ2v) is 6.01. The first-order chi connectivity index (χ1) is 10.2. The normalized spacial score (nSPS) is 12.8. The van der Waals surface area contributed by atoms with Gasteiger partial charge in [-0.1, -0.05) is 5.16 Å². The zero-order valence-electron chi connectivity index (χ0n) is 13.4. The maximum atomic E-state index is 11.7. The van der Waals surface area contributed by atoms with Crippen molar-refractivity contribution in [2.75, 3.05) is 0 Å². The van der Waals surface area contributed by atoms with Gasteiger partial charge in [-0.2, -0.15) is 4.98 Å². The average Bonchev–Trinajstić information content (AvgIpc) is 2.85. The predicted octanol–water partition coefficient (Wildman–Crippen LogP) is 3.03. The quantitative estimate of drug-likeness (QED) is 0.937. The molecule has 1 atom stereocenters. The number of pyridine rings is 1. The van der Waals surface area contributed by atoms with Gasteiger partial charge in [0.15, 0.2) is 0 Å². The molecule has 0 spiro atoms. The molecule has 1 amide bonds. The minimum atomic E-state index is -0.557. The second kappa shape index (κ2) is 6.13. The highest BCUT2D eigenvalue weighted by Crippen LogP contribution is 2.19. The fourth-order valence-electron chi connectivity index (χ4n) is 1.76. The Kier molecular flexibility index (Phi) is 4.44. The number of ether oxygens (including phenoxy) is 1. The number of hydrogen-bond acceptors (Lipinski definition) is 6. The van der Waals surface area contributed by atoms with Crippen LogP contribution in [0.15, 0.2) is 22.9 Å². The molecule has 0 radical (unpaired) electrons. The summed E-state index contributed by atoms with van der Waals surface area (Å²) in [4.78, 5) is 20.1. The van der Waals surface area contributed by atoms with Crippen LogP contribution >= 0.6 is 0 Å². The first kappa shape index (κ1) is 15.9. The van der Waals surface area contributed by atoms with E-state index in [0.29, 0.717) is 11.7 Å². The SMILES string of the molecule is Cc1cc(-c2noc([C@H](C)NC(=O)OC(C)(C)C)n2)ccn1. The Labute approximate surface area is 129 Å². The minimum Gasteiger partial charge on any atom is -0.444 e. The Hall–Kier alpha value is -2.44. The summed E-state index contributed by atoms with van der Waals surface area (Å²) in [5, 5.41) is 6.58. The maximum absolute atomic E-state index is 11.7. The van der Waals surface area contributed by atoms with Crippen molar-refractivity contribution in [3.8, 4) is 11.4 Å². The van der Waals surface area contributed by atoms with E-state index in [-0.39, 0.29) is 0 Å². The van der Waals surface area contributed by atoms with E-state index >= 15 is 0 Å². The minimum absolute atomic E-state index is 0.315. The molecule has 0 aliphatic rings. The molecule has 118 valence electrons. The Morgan fingerprint density at radius 2 is 2.14 bits per heavy atom. The molecular formula is C15H20N4O3. The fraction of sp³-hybridized carbons (Fsp3) is 0.467. The monoisotopic (exact) mass is 304 g/mol. The number of amides is 1. The predicted molar refractivity (Wildman–Crippen MR) is 80.1 cm³/mol. The lowest BCUT2D eigenvalue weighted by Crippen LogP contribution is -2.34. The van der Waals surface area contributed by atoms with Gasteiger partial charge in [-0.05, 0) is 46.8 Å². The van der Waals surface area contributed by atoms with Crippen LogP contribution in [0.5, 0.6) is 0 Å². The van der Waals surface area contributed by atoms with Crippen LogP contribution in [0.25, 0.3) is 11.4 Å². The van der Waals surface area contributed by atoms with E-state index in [1.54, 1.807) is 40.0 Å². The molecule has 22 heavy (non-hydrogen) atoms. The molecule has 2 rings (SSSR count). The van der Waals surface area contributed by atoms with Crippen LogP contribution in [-0.4, -0.2) is 26.8 Å². The van der Waals surface area contributed by atoms with Crippen LogP contribution in [0.3, 0.4) is 0 Å². The van der Waals surface area contributed by atoms with Crippen LogP contribution in [-0.2, 0) is 4.74 Å². The van der Waals surface area contributed by atoms with Crippen molar-refractivity contribution in [3.63, 3.8) is 0 Å². The molecule has 0 bridgehead atoms. The Bertz CT molecular complexity index is 661. The summed E-state index contributed by atoms with van der Waals surface area (Å²) in [6.07, 6.45) is 1.16. The summed E-state index contributed by atoms with van der Waals surface area (Å²) in [6.45, 7) is 9.03. The third-order valence-electron chi connectivity index (χ3n) is 2.70. The van der Waals surface area contributed by atoms with Crippen molar-refractivity contribution in [2.24, 2.45) is 0 Å². The third-order valence-corrected chi connectivity index (χ3v) is 2.70. The molecule has 2 heterocycles. The zero-order chi connectivity index (χ0) is 16.3. The summed E-state index contributed by atoms with van der Waals surface area (Å²) in [6, 6.07) is 3.22. The van der Waals surface area contributed by atoms with E-state index in [1.807, 2.05) is 13.0 Å². The Balaban J connectivity index is 2.06. The lowest BCUT2D eigenvalue weighted by atomic mass is 10.2. The summed E-state index contributed by atoms with van der Waals surface area (Å²) < 4.78 is 10.4. The number of aromatic nitrogens is 3. The van der Waals surface area contributed by atoms with E-state index in [1.165, 1.54) is 0 Å². The van der Waals surface area contributed by atoms with Gasteiger partial charge in [0, 0.05) is 17.5 Å². The number of rotatable bonds is 3. The molecule has 2 aromatic rings. The lowest BCUT2D eigenvalue weighted by Gasteiger charge is -2.20. The number of aryl methyl sites for hydroxylation is 1. The number of carbonyl (C=O) groups is 1. The van der Waals surface area contributed by atoms with Crippen LogP contribution in [0.4, 0.5) is 4.79 Å². The number of alkyl carbamates (subject to hydrolysis) is 1. The molecular weight excluding hydrogens is 284 g/mol. The number of carbonyl (C=O) groups excluding carboxylic acids is 1. The van der Waals surface area contributed by atoms with E-state index < -0.39 is 17.7 Å². The molecule has 7 nitrogen and oxygen atoms in total.